The van der Waals surface area contributed by atoms with Crippen molar-refractivity contribution in [2.24, 2.45) is 0 Å². The highest BCUT2D eigenvalue weighted by Gasteiger charge is 2.22. The van der Waals surface area contributed by atoms with E-state index in [-0.39, 0.29) is 0 Å². The molecule has 2 aromatic carbocycles. The average Bonchev–Trinajstić information content (AvgIpc) is 2.99. The van der Waals surface area contributed by atoms with Crippen LogP contribution < -0.4 is 14.7 Å². The molecule has 0 saturated carbocycles. The molecule has 2 saturated heterocycles. The lowest BCUT2D eigenvalue weighted by Crippen LogP contribution is -2.47. The first kappa shape index (κ1) is 24.3. The lowest BCUT2D eigenvalue weighted by Gasteiger charge is -2.36. The van der Waals surface area contributed by atoms with Gasteiger partial charge in [0.05, 0.1) is 11.4 Å². The Kier molecular flexibility index (Phi) is 7.13. The van der Waals surface area contributed by atoms with Crippen LogP contribution in [0.2, 0.25) is 0 Å². The largest absolute Gasteiger partial charge is 0.368 e. The van der Waals surface area contributed by atoms with Gasteiger partial charge >= 0.3 is 0 Å². The first-order chi connectivity index (χ1) is 18.7. The van der Waals surface area contributed by atoms with Gasteiger partial charge in [0.25, 0.3) is 0 Å². The van der Waals surface area contributed by atoms with E-state index in [4.69, 9.17) is 15.0 Å². The molecule has 4 aromatic rings. The molecule has 0 aliphatic carbocycles. The van der Waals surface area contributed by atoms with Gasteiger partial charge in [0.15, 0.2) is 0 Å². The summed E-state index contributed by atoms with van der Waals surface area (Å²) < 4.78 is 0. The number of benzene rings is 2. The summed E-state index contributed by atoms with van der Waals surface area (Å²) in [5.41, 5.74) is 5.41. The number of nitrogens with zero attached hydrogens (tertiary/aromatic N) is 8. The molecule has 8 nitrogen and oxygen atoms in total. The molecule has 4 heterocycles. The van der Waals surface area contributed by atoms with E-state index in [9.17, 15) is 0 Å². The fourth-order valence-corrected chi connectivity index (χ4v) is 5.26. The highest BCUT2D eigenvalue weighted by Crippen LogP contribution is 2.24. The Morgan fingerprint density at radius 1 is 0.632 bits per heavy atom. The zero-order valence-corrected chi connectivity index (χ0v) is 21.9. The van der Waals surface area contributed by atoms with E-state index in [1.807, 2.05) is 25.4 Å². The molecule has 0 unspecified atom stereocenters. The topological polar surface area (TPSA) is 64.5 Å². The van der Waals surface area contributed by atoms with Gasteiger partial charge in [0.2, 0.25) is 11.9 Å². The molecule has 8 heteroatoms. The molecule has 0 radical (unpaired) electrons. The highest BCUT2D eigenvalue weighted by atomic mass is 15.3. The van der Waals surface area contributed by atoms with Crippen molar-refractivity contribution in [2.75, 3.05) is 67.1 Å². The quantitative estimate of drug-likeness (QED) is 0.390. The van der Waals surface area contributed by atoms with Crippen molar-refractivity contribution >= 4 is 17.6 Å². The Hall–Kier alpha value is -4.04. The Morgan fingerprint density at radius 2 is 1.24 bits per heavy atom. The first-order valence-corrected chi connectivity index (χ1v) is 13.5. The van der Waals surface area contributed by atoms with Crippen molar-refractivity contribution < 1.29 is 0 Å². The van der Waals surface area contributed by atoms with Gasteiger partial charge in [-0.15, -0.1) is 0 Å². The number of aryl methyl sites for hydroxylation is 1. The van der Waals surface area contributed by atoms with E-state index < -0.39 is 0 Å². The molecule has 0 spiro atoms. The summed E-state index contributed by atoms with van der Waals surface area (Å²) in [7, 11) is 0. The van der Waals surface area contributed by atoms with E-state index in [0.29, 0.717) is 0 Å². The van der Waals surface area contributed by atoms with Crippen LogP contribution in [0.3, 0.4) is 0 Å². The fourth-order valence-electron chi connectivity index (χ4n) is 5.26. The Balaban J connectivity index is 1.09. The van der Waals surface area contributed by atoms with Crippen LogP contribution in [0, 0.1) is 6.92 Å². The van der Waals surface area contributed by atoms with Crippen molar-refractivity contribution in [2.45, 2.75) is 13.5 Å². The second kappa shape index (κ2) is 11.1. The monoisotopic (exact) mass is 506 g/mol. The van der Waals surface area contributed by atoms with E-state index in [1.54, 1.807) is 0 Å². The van der Waals surface area contributed by atoms with Crippen molar-refractivity contribution in [1.82, 2.24) is 24.8 Å². The molecule has 2 aromatic heterocycles. The number of anilines is 3. The molecule has 2 aliphatic rings. The molecule has 0 atom stereocenters. The number of hydrogen-bond acceptors (Lipinski definition) is 8. The number of aromatic nitrogens is 4. The third-order valence-electron chi connectivity index (χ3n) is 7.47. The van der Waals surface area contributed by atoms with Crippen LogP contribution in [0.25, 0.3) is 11.3 Å². The predicted octanol–water partition coefficient (Wildman–Crippen LogP) is 3.89. The fraction of sp³-hybridized carbons (Fsp3) is 0.333. The molecule has 2 aliphatic heterocycles. The lowest BCUT2D eigenvalue weighted by molar-refractivity contribution is 0.248. The zero-order valence-electron chi connectivity index (χ0n) is 21.9. The molecule has 2 fully saturated rings. The van der Waals surface area contributed by atoms with Gasteiger partial charge in [0.1, 0.15) is 0 Å². The number of hydrogen-bond donors (Lipinski definition) is 0. The molecule has 6 rings (SSSR count). The van der Waals surface area contributed by atoms with Gasteiger partial charge < -0.3 is 14.7 Å². The standard InChI is InChI=1S/C30H34N8/c1-24-27(22-32-30(33-24)37-16-14-35(15-17-37)23-25-8-4-2-5-9-25)28-12-13-31-29(34-28)38-20-18-36(19-21-38)26-10-6-3-7-11-26/h2-13,22H,14-21,23H2,1H3. The summed E-state index contributed by atoms with van der Waals surface area (Å²) in [6.45, 7) is 10.6. The maximum absolute atomic E-state index is 4.91. The van der Waals surface area contributed by atoms with E-state index >= 15 is 0 Å². The van der Waals surface area contributed by atoms with E-state index in [2.05, 4.69) is 85.2 Å². The number of para-hydroxylation sites is 1. The van der Waals surface area contributed by atoms with E-state index in [0.717, 1.165) is 87.8 Å². The summed E-state index contributed by atoms with van der Waals surface area (Å²) in [6.07, 6.45) is 3.77. The van der Waals surface area contributed by atoms with Gasteiger partial charge in [0, 0.05) is 82.5 Å². The molecular weight excluding hydrogens is 472 g/mol. The second-order valence-corrected chi connectivity index (χ2v) is 9.97. The molecule has 0 bridgehead atoms. The molecular formula is C30H34N8. The molecule has 38 heavy (non-hydrogen) atoms. The molecule has 0 amide bonds. The van der Waals surface area contributed by atoms with Crippen molar-refractivity contribution in [1.29, 1.82) is 0 Å². The summed E-state index contributed by atoms with van der Waals surface area (Å²) in [6, 6.07) is 23.2. The minimum Gasteiger partial charge on any atom is -0.368 e. The van der Waals surface area contributed by atoms with Gasteiger partial charge in [-0.2, -0.15) is 0 Å². The predicted molar refractivity (Wildman–Crippen MR) is 153 cm³/mol. The Bertz CT molecular complexity index is 1330. The van der Waals surface area contributed by atoms with Crippen LogP contribution in [0.1, 0.15) is 11.3 Å². The zero-order chi connectivity index (χ0) is 25.7. The number of piperazine rings is 2. The average molecular weight is 507 g/mol. The lowest BCUT2D eigenvalue weighted by atomic mass is 10.1. The molecule has 0 N–H and O–H groups in total. The summed E-state index contributed by atoms with van der Waals surface area (Å²) in [5.74, 6) is 1.57. The SMILES string of the molecule is Cc1nc(N2CCN(Cc3ccccc3)CC2)ncc1-c1ccnc(N2CCN(c3ccccc3)CC2)n1. The third kappa shape index (κ3) is 5.45. The van der Waals surface area contributed by atoms with Crippen LogP contribution in [-0.2, 0) is 6.54 Å². The summed E-state index contributed by atoms with van der Waals surface area (Å²) in [5, 5.41) is 0. The first-order valence-electron chi connectivity index (χ1n) is 13.5. The van der Waals surface area contributed by atoms with Gasteiger partial charge in [-0.1, -0.05) is 48.5 Å². The van der Waals surface area contributed by atoms with Gasteiger partial charge in [-0.3, -0.25) is 4.90 Å². The Labute approximate surface area is 224 Å². The maximum atomic E-state index is 4.91. The second-order valence-electron chi connectivity index (χ2n) is 9.97. The van der Waals surface area contributed by atoms with Crippen LogP contribution in [0.5, 0.6) is 0 Å². The van der Waals surface area contributed by atoms with Crippen molar-refractivity contribution in [3.05, 3.63) is 90.4 Å². The van der Waals surface area contributed by atoms with Crippen LogP contribution in [0.15, 0.2) is 79.1 Å². The van der Waals surface area contributed by atoms with Crippen LogP contribution >= 0.6 is 0 Å². The van der Waals surface area contributed by atoms with Gasteiger partial charge in [-0.25, -0.2) is 19.9 Å². The molecule has 194 valence electrons. The summed E-state index contributed by atoms with van der Waals surface area (Å²) >= 11 is 0. The van der Waals surface area contributed by atoms with Crippen LogP contribution in [-0.4, -0.2) is 77.2 Å². The van der Waals surface area contributed by atoms with Crippen LogP contribution in [0.4, 0.5) is 17.6 Å². The smallest absolute Gasteiger partial charge is 0.225 e. The summed E-state index contributed by atoms with van der Waals surface area (Å²) in [4.78, 5) is 28.6. The number of rotatable bonds is 6. The minimum absolute atomic E-state index is 0.772. The highest BCUT2D eigenvalue weighted by molar-refractivity contribution is 5.63. The Morgan fingerprint density at radius 3 is 1.92 bits per heavy atom. The minimum atomic E-state index is 0.772. The maximum Gasteiger partial charge on any atom is 0.225 e. The van der Waals surface area contributed by atoms with E-state index in [1.165, 1.54) is 11.3 Å². The van der Waals surface area contributed by atoms with Gasteiger partial charge in [-0.05, 0) is 30.7 Å². The normalized spacial score (nSPS) is 16.6. The third-order valence-corrected chi connectivity index (χ3v) is 7.47. The van der Waals surface area contributed by atoms with Crippen molar-refractivity contribution in [3.8, 4) is 11.3 Å². The van der Waals surface area contributed by atoms with Crippen molar-refractivity contribution in [3.63, 3.8) is 0 Å².